The highest BCUT2D eigenvalue weighted by Gasteiger charge is 2.50. The normalized spacial score (nSPS) is 21.6. The van der Waals surface area contributed by atoms with Gasteiger partial charge in [-0.25, -0.2) is 0 Å². The lowest BCUT2D eigenvalue weighted by Gasteiger charge is -2.17. The summed E-state index contributed by atoms with van der Waals surface area (Å²) < 4.78 is 2.56. The van der Waals surface area contributed by atoms with Crippen LogP contribution in [0.15, 0.2) is 48.0 Å². The van der Waals surface area contributed by atoms with Crippen LogP contribution in [-0.2, 0) is 5.41 Å². The molecule has 0 saturated carbocycles. The van der Waals surface area contributed by atoms with E-state index in [0.717, 1.165) is 6.54 Å². The molecule has 0 amide bonds. The summed E-state index contributed by atoms with van der Waals surface area (Å²) in [4.78, 5) is 0. The molecule has 0 spiro atoms. The van der Waals surface area contributed by atoms with Gasteiger partial charge >= 0.3 is 0 Å². The number of fused-ring (bicyclic) bond motifs is 4. The van der Waals surface area contributed by atoms with Crippen LogP contribution in [0.2, 0.25) is 0 Å². The summed E-state index contributed by atoms with van der Waals surface area (Å²) in [5, 5.41) is 2.74. The SMILES string of the molecule is C/C=C1\CC[N+]2=C1C(C)(C)c1ccc3ccccc3c12. The van der Waals surface area contributed by atoms with Crippen LogP contribution in [0.3, 0.4) is 0 Å². The van der Waals surface area contributed by atoms with Gasteiger partial charge in [0.2, 0.25) is 5.69 Å². The molecule has 0 fully saturated rings. The molecule has 2 heterocycles. The second-order valence-electron chi connectivity index (χ2n) is 6.37. The lowest BCUT2D eigenvalue weighted by atomic mass is 9.78. The van der Waals surface area contributed by atoms with Crippen LogP contribution in [0.5, 0.6) is 0 Å². The van der Waals surface area contributed by atoms with Gasteiger partial charge in [0.15, 0.2) is 12.3 Å². The van der Waals surface area contributed by atoms with E-state index in [9.17, 15) is 0 Å². The highest BCUT2D eigenvalue weighted by atomic mass is 15.1. The van der Waals surface area contributed by atoms with Crippen LogP contribution in [0.1, 0.15) is 32.8 Å². The second-order valence-corrected chi connectivity index (χ2v) is 6.37. The van der Waals surface area contributed by atoms with Crippen molar-refractivity contribution < 1.29 is 4.58 Å². The minimum Gasteiger partial charge on any atom is -0.194 e. The fourth-order valence-electron chi connectivity index (χ4n) is 4.06. The smallest absolute Gasteiger partial charge is 0.194 e. The summed E-state index contributed by atoms with van der Waals surface area (Å²) in [5.74, 6) is 0. The van der Waals surface area contributed by atoms with Gasteiger partial charge in [-0.15, -0.1) is 0 Å². The molecule has 2 aliphatic heterocycles. The van der Waals surface area contributed by atoms with E-state index < -0.39 is 0 Å². The number of benzene rings is 2. The zero-order valence-electron chi connectivity index (χ0n) is 12.4. The molecule has 20 heavy (non-hydrogen) atoms. The van der Waals surface area contributed by atoms with Crippen molar-refractivity contribution in [2.45, 2.75) is 32.6 Å². The maximum absolute atomic E-state index is 2.56. The van der Waals surface area contributed by atoms with Gasteiger partial charge in [-0.2, -0.15) is 4.58 Å². The lowest BCUT2D eigenvalue weighted by Crippen LogP contribution is -2.27. The highest BCUT2D eigenvalue weighted by molar-refractivity contribution is 6.10. The molecule has 2 aromatic rings. The quantitative estimate of drug-likeness (QED) is 0.612. The summed E-state index contributed by atoms with van der Waals surface area (Å²) in [5.41, 5.74) is 6.09. The van der Waals surface area contributed by atoms with E-state index in [1.807, 2.05) is 0 Å². The average molecular weight is 262 g/mol. The molecule has 0 N–H and O–H groups in total. The third-order valence-corrected chi connectivity index (χ3v) is 4.96. The predicted molar refractivity (Wildman–Crippen MR) is 85.1 cm³/mol. The van der Waals surface area contributed by atoms with Crippen LogP contribution in [0.25, 0.3) is 10.8 Å². The molecule has 1 nitrogen and oxygen atoms in total. The third-order valence-electron chi connectivity index (χ3n) is 4.96. The van der Waals surface area contributed by atoms with Gasteiger partial charge in [0.1, 0.15) is 0 Å². The Bertz CT molecular complexity index is 791. The first-order chi connectivity index (χ1) is 9.64. The van der Waals surface area contributed by atoms with Crippen LogP contribution in [0.4, 0.5) is 5.69 Å². The van der Waals surface area contributed by atoms with E-state index in [4.69, 9.17) is 0 Å². The molecule has 2 aromatic carbocycles. The van der Waals surface area contributed by atoms with Gasteiger partial charge < -0.3 is 0 Å². The van der Waals surface area contributed by atoms with Crippen LogP contribution in [0, 0.1) is 0 Å². The van der Waals surface area contributed by atoms with E-state index in [-0.39, 0.29) is 5.41 Å². The first kappa shape index (κ1) is 11.9. The molecule has 0 bridgehead atoms. The Balaban J connectivity index is 2.13. The maximum Gasteiger partial charge on any atom is 0.217 e. The Kier molecular flexibility index (Phi) is 2.27. The molecule has 0 aliphatic carbocycles. The molecule has 0 unspecified atom stereocenters. The predicted octanol–water partition coefficient (Wildman–Crippen LogP) is 4.57. The van der Waals surface area contributed by atoms with E-state index >= 15 is 0 Å². The van der Waals surface area contributed by atoms with Crippen molar-refractivity contribution in [1.82, 2.24) is 0 Å². The maximum atomic E-state index is 2.56. The first-order valence-corrected chi connectivity index (χ1v) is 7.47. The number of rotatable bonds is 0. The summed E-state index contributed by atoms with van der Waals surface area (Å²) in [7, 11) is 0. The molecule has 0 radical (unpaired) electrons. The fraction of sp³-hybridized carbons (Fsp3) is 0.316. The van der Waals surface area contributed by atoms with Crippen molar-refractivity contribution in [2.24, 2.45) is 0 Å². The standard InChI is InChI=1S/C19H20N/c1-4-13-11-12-20-17-15-8-6-5-7-14(15)9-10-16(17)19(2,3)18(13)20/h4-10H,11-12H2,1-3H3/q+1/b13-4+. The summed E-state index contributed by atoms with van der Waals surface area (Å²) in [6.07, 6.45) is 3.48. The number of nitrogens with zero attached hydrogens (tertiary/aromatic N) is 1. The highest BCUT2D eigenvalue weighted by Crippen LogP contribution is 2.47. The van der Waals surface area contributed by atoms with Gasteiger partial charge in [-0.3, -0.25) is 0 Å². The fourth-order valence-corrected chi connectivity index (χ4v) is 4.06. The molecular weight excluding hydrogens is 242 g/mol. The van der Waals surface area contributed by atoms with Gasteiger partial charge in [0.25, 0.3) is 0 Å². The molecule has 2 aliphatic rings. The first-order valence-electron chi connectivity index (χ1n) is 7.47. The van der Waals surface area contributed by atoms with E-state index in [1.54, 1.807) is 0 Å². The van der Waals surface area contributed by atoms with E-state index in [2.05, 4.69) is 67.8 Å². The number of allylic oxidation sites excluding steroid dienone is 1. The van der Waals surface area contributed by atoms with Gasteiger partial charge in [0, 0.05) is 17.6 Å². The summed E-state index contributed by atoms with van der Waals surface area (Å²) >= 11 is 0. The van der Waals surface area contributed by atoms with Crippen LogP contribution >= 0.6 is 0 Å². The van der Waals surface area contributed by atoms with E-state index in [1.165, 1.54) is 39.7 Å². The van der Waals surface area contributed by atoms with Crippen LogP contribution < -0.4 is 0 Å². The minimum atomic E-state index is 0.123. The van der Waals surface area contributed by atoms with Crippen molar-refractivity contribution in [2.75, 3.05) is 6.54 Å². The van der Waals surface area contributed by atoms with Crippen molar-refractivity contribution >= 4 is 22.2 Å². The van der Waals surface area contributed by atoms with Gasteiger partial charge in [-0.05, 0) is 32.2 Å². The van der Waals surface area contributed by atoms with Gasteiger partial charge in [0.05, 0.1) is 10.8 Å². The van der Waals surface area contributed by atoms with Crippen molar-refractivity contribution in [3.05, 3.63) is 53.6 Å². The Morgan fingerprint density at radius 3 is 2.70 bits per heavy atom. The molecule has 1 heteroatoms. The average Bonchev–Trinajstić information content (AvgIpc) is 2.98. The molecule has 100 valence electrons. The lowest BCUT2D eigenvalue weighted by molar-refractivity contribution is -0.427. The second kappa shape index (κ2) is 3.82. The summed E-state index contributed by atoms with van der Waals surface area (Å²) in [6, 6.07) is 13.4. The summed E-state index contributed by atoms with van der Waals surface area (Å²) in [6.45, 7) is 8.03. The Labute approximate surface area is 120 Å². The topological polar surface area (TPSA) is 3.01 Å². The zero-order valence-corrected chi connectivity index (χ0v) is 12.4. The van der Waals surface area contributed by atoms with Crippen molar-refractivity contribution in [3.8, 4) is 0 Å². The van der Waals surface area contributed by atoms with Crippen molar-refractivity contribution in [1.29, 1.82) is 0 Å². The van der Waals surface area contributed by atoms with Crippen LogP contribution in [-0.4, -0.2) is 16.8 Å². The zero-order chi connectivity index (χ0) is 13.9. The molecule has 4 rings (SSSR count). The molecule has 0 saturated heterocycles. The Hall–Kier alpha value is -1.89. The number of hydrogen-bond acceptors (Lipinski definition) is 0. The monoisotopic (exact) mass is 262 g/mol. The Morgan fingerprint density at radius 1 is 1.10 bits per heavy atom. The Morgan fingerprint density at radius 2 is 1.90 bits per heavy atom. The molecule has 0 atom stereocenters. The van der Waals surface area contributed by atoms with Gasteiger partial charge in [-0.1, -0.05) is 36.4 Å². The van der Waals surface area contributed by atoms with E-state index in [0.29, 0.717) is 0 Å². The van der Waals surface area contributed by atoms with Crippen molar-refractivity contribution in [3.63, 3.8) is 0 Å². The molecule has 0 aromatic heterocycles. The third kappa shape index (κ3) is 1.30. The minimum absolute atomic E-state index is 0.123. The largest absolute Gasteiger partial charge is 0.217 e. The number of hydrogen-bond donors (Lipinski definition) is 0. The molecular formula is C19H20N+.